The number of hydrogen-bond acceptors (Lipinski definition) is 7. The largest absolute Gasteiger partial charge is 0.484 e. The summed E-state index contributed by atoms with van der Waals surface area (Å²) in [6.07, 6.45) is 0. The molecule has 0 spiro atoms. The first-order valence-corrected chi connectivity index (χ1v) is 13.0. The highest BCUT2D eigenvalue weighted by Gasteiger charge is 2.13. The van der Waals surface area contributed by atoms with E-state index in [1.54, 1.807) is 58.3 Å². The van der Waals surface area contributed by atoms with Gasteiger partial charge in [-0.2, -0.15) is 9.61 Å². The number of rotatable bonds is 8. The fourth-order valence-electron chi connectivity index (χ4n) is 4.06. The second-order valence-corrected chi connectivity index (χ2v) is 9.57. The molecule has 8 nitrogen and oxygen atoms in total. The van der Waals surface area contributed by atoms with Gasteiger partial charge >= 0.3 is 0 Å². The highest BCUT2D eigenvalue weighted by Crippen LogP contribution is 2.25. The number of fused-ring (bicyclic) bond motifs is 1. The zero-order chi connectivity index (χ0) is 26.6. The number of carbonyl (C=O) groups is 2. The molecule has 0 saturated heterocycles. The Balaban J connectivity index is 1.11. The van der Waals surface area contributed by atoms with Gasteiger partial charge in [-0.3, -0.25) is 9.59 Å². The predicted molar refractivity (Wildman–Crippen MR) is 150 cm³/mol. The van der Waals surface area contributed by atoms with Gasteiger partial charge in [0.15, 0.2) is 23.9 Å². The molecule has 0 fully saturated rings. The number of thiophene rings is 1. The number of aromatic nitrogens is 4. The molecule has 3 heterocycles. The van der Waals surface area contributed by atoms with Crippen LogP contribution in [0.5, 0.6) is 5.75 Å². The highest BCUT2D eigenvalue weighted by atomic mass is 32.1. The summed E-state index contributed by atoms with van der Waals surface area (Å²) < 4.78 is 7.35. The Labute approximate surface area is 227 Å². The maximum Gasteiger partial charge on any atom is 0.262 e. The molecule has 190 valence electrons. The zero-order valence-electron chi connectivity index (χ0n) is 20.5. The molecule has 0 radical (unpaired) electrons. The first kappa shape index (κ1) is 24.2. The smallest absolute Gasteiger partial charge is 0.262 e. The lowest BCUT2D eigenvalue weighted by Gasteiger charge is -2.09. The van der Waals surface area contributed by atoms with Crippen molar-refractivity contribution >= 4 is 34.4 Å². The first-order valence-electron chi connectivity index (χ1n) is 12.1. The second kappa shape index (κ2) is 10.7. The molecule has 9 heteroatoms. The number of nitrogens with zero attached hydrogens (tertiary/aromatic N) is 4. The summed E-state index contributed by atoms with van der Waals surface area (Å²) in [6, 6.07) is 30.9. The molecule has 1 N–H and O–H groups in total. The maximum absolute atomic E-state index is 12.6. The Morgan fingerprint density at radius 1 is 0.821 bits per heavy atom. The Kier molecular flexibility index (Phi) is 6.63. The van der Waals surface area contributed by atoms with Crippen LogP contribution >= 0.6 is 11.3 Å². The molecule has 0 aliphatic carbocycles. The third-order valence-corrected chi connectivity index (χ3v) is 6.83. The molecule has 6 rings (SSSR count). The molecule has 1 amide bonds. The molecule has 0 aliphatic rings. The van der Waals surface area contributed by atoms with Gasteiger partial charge in [0, 0.05) is 22.4 Å². The number of hydrogen-bond donors (Lipinski definition) is 1. The number of ketones is 1. The summed E-state index contributed by atoms with van der Waals surface area (Å²) in [6.45, 7) is -0.175. The number of anilines is 1. The molecule has 0 atom stereocenters. The van der Waals surface area contributed by atoms with Gasteiger partial charge < -0.3 is 10.1 Å². The lowest BCUT2D eigenvalue weighted by atomic mass is 10.0. The molecule has 3 aromatic heterocycles. The monoisotopic (exact) mass is 531 g/mol. The van der Waals surface area contributed by atoms with Crippen molar-refractivity contribution in [2.24, 2.45) is 0 Å². The molecule has 39 heavy (non-hydrogen) atoms. The number of ether oxygens (including phenoxy) is 1. The van der Waals surface area contributed by atoms with Crippen LogP contribution in [0.3, 0.4) is 0 Å². The van der Waals surface area contributed by atoms with Crippen LogP contribution in [0.4, 0.5) is 5.69 Å². The molecule has 6 aromatic rings. The number of amides is 1. The molecular formula is C30H21N5O3S. The minimum Gasteiger partial charge on any atom is -0.484 e. The quantitative estimate of drug-likeness (QED) is 0.251. The molecule has 0 bridgehead atoms. The van der Waals surface area contributed by atoms with Crippen LogP contribution in [0.25, 0.3) is 27.6 Å². The van der Waals surface area contributed by atoms with Gasteiger partial charge in [-0.05, 0) is 60.0 Å². The van der Waals surface area contributed by atoms with Crippen molar-refractivity contribution in [2.75, 3.05) is 11.9 Å². The van der Waals surface area contributed by atoms with Crippen LogP contribution in [0.2, 0.25) is 0 Å². The van der Waals surface area contributed by atoms with Gasteiger partial charge in [0.05, 0.1) is 10.6 Å². The minimum absolute atomic E-state index is 0.0690. The van der Waals surface area contributed by atoms with Gasteiger partial charge in [-0.15, -0.1) is 21.5 Å². The van der Waals surface area contributed by atoms with Gasteiger partial charge in [0.25, 0.3) is 5.91 Å². The normalized spacial score (nSPS) is 10.9. The van der Waals surface area contributed by atoms with Crippen LogP contribution < -0.4 is 10.1 Å². The summed E-state index contributed by atoms with van der Waals surface area (Å²) in [7, 11) is 0. The number of carbonyl (C=O) groups excluding carboxylic acids is 2. The van der Waals surface area contributed by atoms with Crippen molar-refractivity contribution in [3.8, 4) is 27.7 Å². The Bertz CT molecular complexity index is 1760. The van der Waals surface area contributed by atoms with Crippen LogP contribution in [-0.2, 0) is 4.79 Å². The standard InChI is InChI=1S/C30H21N5O3S/c36-28(19-38-24-13-11-21(12-14-24)29(37)20-6-2-1-3-7-20)31-23-9-4-8-22(18-23)25-15-16-27-32-33-30(35(27)34-25)26-10-5-17-39-26/h1-18H,19H2,(H,31,36). The van der Waals surface area contributed by atoms with Crippen molar-refractivity contribution in [3.05, 3.63) is 120 Å². The third kappa shape index (κ3) is 5.29. The van der Waals surface area contributed by atoms with E-state index in [0.717, 1.165) is 16.1 Å². The lowest BCUT2D eigenvalue weighted by molar-refractivity contribution is -0.118. The van der Waals surface area contributed by atoms with Crippen molar-refractivity contribution < 1.29 is 14.3 Å². The van der Waals surface area contributed by atoms with Crippen molar-refractivity contribution in [1.82, 2.24) is 19.8 Å². The summed E-state index contributed by atoms with van der Waals surface area (Å²) in [5.41, 5.74) is 4.00. The Morgan fingerprint density at radius 2 is 1.64 bits per heavy atom. The zero-order valence-corrected chi connectivity index (χ0v) is 21.3. The van der Waals surface area contributed by atoms with E-state index in [9.17, 15) is 9.59 Å². The maximum atomic E-state index is 12.6. The predicted octanol–water partition coefficient (Wildman–Crippen LogP) is 5.77. The van der Waals surface area contributed by atoms with Gasteiger partial charge in [-0.25, -0.2) is 0 Å². The average molecular weight is 532 g/mol. The van der Waals surface area contributed by atoms with Gasteiger partial charge in [-0.1, -0.05) is 48.5 Å². The topological polar surface area (TPSA) is 98.5 Å². The first-order chi connectivity index (χ1) is 19.1. The van der Waals surface area contributed by atoms with Crippen molar-refractivity contribution in [2.45, 2.75) is 0 Å². The van der Waals surface area contributed by atoms with E-state index in [1.165, 1.54) is 0 Å². The molecule has 0 unspecified atom stereocenters. The van der Waals surface area contributed by atoms with Crippen LogP contribution in [0.1, 0.15) is 15.9 Å². The van der Waals surface area contributed by atoms with Crippen molar-refractivity contribution in [1.29, 1.82) is 0 Å². The molecule has 0 aliphatic heterocycles. The number of benzene rings is 3. The summed E-state index contributed by atoms with van der Waals surface area (Å²) >= 11 is 1.57. The van der Waals surface area contributed by atoms with E-state index in [0.29, 0.717) is 34.0 Å². The average Bonchev–Trinajstić information content (AvgIpc) is 3.66. The molecular weight excluding hydrogens is 510 g/mol. The number of nitrogens with one attached hydrogen (secondary N) is 1. The SMILES string of the molecule is O=C(COc1ccc(C(=O)c2ccccc2)cc1)Nc1cccc(-c2ccc3nnc(-c4cccs4)n3n2)c1. The summed E-state index contributed by atoms with van der Waals surface area (Å²) in [5, 5.41) is 18.1. The second-order valence-electron chi connectivity index (χ2n) is 8.63. The lowest BCUT2D eigenvalue weighted by Crippen LogP contribution is -2.20. The Hall–Kier alpha value is -5.15. The van der Waals surface area contributed by atoms with Crippen molar-refractivity contribution in [3.63, 3.8) is 0 Å². The van der Waals surface area contributed by atoms with Gasteiger partial charge in [0.2, 0.25) is 0 Å². The van der Waals surface area contributed by atoms with E-state index < -0.39 is 0 Å². The third-order valence-electron chi connectivity index (χ3n) is 5.97. The Morgan fingerprint density at radius 3 is 2.44 bits per heavy atom. The highest BCUT2D eigenvalue weighted by molar-refractivity contribution is 7.13. The van der Waals surface area contributed by atoms with E-state index in [1.807, 2.05) is 66.0 Å². The summed E-state index contributed by atoms with van der Waals surface area (Å²) in [5.74, 6) is 0.802. The fourth-order valence-corrected chi connectivity index (χ4v) is 4.76. The molecule has 0 saturated carbocycles. The minimum atomic E-state index is -0.307. The van der Waals surface area contributed by atoms with Crippen LogP contribution in [0, 0.1) is 0 Å². The van der Waals surface area contributed by atoms with Crippen LogP contribution in [-0.4, -0.2) is 38.1 Å². The fraction of sp³-hybridized carbons (Fsp3) is 0.0333. The molecule has 3 aromatic carbocycles. The van der Waals surface area contributed by atoms with E-state index >= 15 is 0 Å². The van der Waals surface area contributed by atoms with E-state index in [4.69, 9.17) is 9.84 Å². The van der Waals surface area contributed by atoms with E-state index in [-0.39, 0.29) is 18.3 Å². The van der Waals surface area contributed by atoms with E-state index in [2.05, 4.69) is 15.5 Å². The van der Waals surface area contributed by atoms with Gasteiger partial charge in [0.1, 0.15) is 5.75 Å². The summed E-state index contributed by atoms with van der Waals surface area (Å²) in [4.78, 5) is 26.1. The van der Waals surface area contributed by atoms with Crippen LogP contribution in [0.15, 0.2) is 109 Å².